The van der Waals surface area contributed by atoms with Gasteiger partial charge in [0.25, 0.3) is 0 Å². The van der Waals surface area contributed by atoms with Crippen molar-refractivity contribution in [1.82, 2.24) is 10.2 Å². The lowest BCUT2D eigenvalue weighted by Crippen LogP contribution is -2.34. The Morgan fingerprint density at radius 2 is 1.71 bits per heavy atom. The summed E-state index contributed by atoms with van der Waals surface area (Å²) in [5.41, 5.74) is 5.14. The number of anilines is 1. The molecular weight excluding hydrogens is 353 g/mol. The van der Waals surface area contributed by atoms with Crippen molar-refractivity contribution in [1.29, 1.82) is 0 Å². The highest BCUT2D eigenvalue weighted by molar-refractivity contribution is 5.90. The van der Waals surface area contributed by atoms with Crippen LogP contribution in [0.4, 0.5) is 14.9 Å². The van der Waals surface area contributed by atoms with E-state index < -0.39 is 0 Å². The SMILES string of the molecule is CCN(CC)C(=O)Nc1ccc(C(=C2CCNCC2)c2cccc(F)c2)cc1. The molecule has 28 heavy (non-hydrogen) atoms. The molecule has 2 amide bonds. The number of hydrogen-bond donors (Lipinski definition) is 2. The Morgan fingerprint density at radius 3 is 2.32 bits per heavy atom. The number of rotatable bonds is 5. The third-order valence-electron chi connectivity index (χ3n) is 5.15. The van der Waals surface area contributed by atoms with E-state index in [1.807, 2.05) is 44.2 Å². The van der Waals surface area contributed by atoms with Crippen molar-refractivity contribution >= 4 is 17.3 Å². The molecule has 0 aliphatic carbocycles. The molecule has 0 unspecified atom stereocenters. The molecule has 0 atom stereocenters. The average molecular weight is 381 g/mol. The maximum Gasteiger partial charge on any atom is 0.321 e. The van der Waals surface area contributed by atoms with Gasteiger partial charge in [0.2, 0.25) is 0 Å². The molecule has 1 aliphatic rings. The van der Waals surface area contributed by atoms with Crippen molar-refractivity contribution in [2.75, 3.05) is 31.5 Å². The van der Waals surface area contributed by atoms with Crippen molar-refractivity contribution in [3.05, 3.63) is 71.0 Å². The summed E-state index contributed by atoms with van der Waals surface area (Å²) >= 11 is 0. The summed E-state index contributed by atoms with van der Waals surface area (Å²) < 4.78 is 13.9. The van der Waals surface area contributed by atoms with E-state index in [1.165, 1.54) is 11.6 Å². The molecule has 5 heteroatoms. The van der Waals surface area contributed by atoms with Gasteiger partial charge in [-0.2, -0.15) is 0 Å². The molecule has 0 radical (unpaired) electrons. The summed E-state index contributed by atoms with van der Waals surface area (Å²) in [6.45, 7) is 7.14. The molecule has 1 heterocycles. The van der Waals surface area contributed by atoms with Crippen molar-refractivity contribution in [3.8, 4) is 0 Å². The van der Waals surface area contributed by atoms with Crippen molar-refractivity contribution < 1.29 is 9.18 Å². The fraction of sp³-hybridized carbons (Fsp3) is 0.348. The Labute approximate surface area is 166 Å². The first-order chi connectivity index (χ1) is 13.6. The summed E-state index contributed by atoms with van der Waals surface area (Å²) in [5.74, 6) is -0.229. The highest BCUT2D eigenvalue weighted by Gasteiger charge is 2.16. The summed E-state index contributed by atoms with van der Waals surface area (Å²) in [6.07, 6.45) is 1.90. The molecule has 0 bridgehead atoms. The fourth-order valence-corrected chi connectivity index (χ4v) is 3.63. The minimum Gasteiger partial charge on any atom is -0.325 e. The normalized spacial score (nSPS) is 13.9. The van der Waals surface area contributed by atoms with Gasteiger partial charge >= 0.3 is 6.03 Å². The van der Waals surface area contributed by atoms with Gasteiger partial charge in [-0.25, -0.2) is 9.18 Å². The van der Waals surface area contributed by atoms with Gasteiger partial charge in [0.1, 0.15) is 5.82 Å². The maximum absolute atomic E-state index is 13.9. The molecule has 0 saturated carbocycles. The van der Waals surface area contributed by atoms with Crippen LogP contribution in [0.3, 0.4) is 0 Å². The molecule has 2 aromatic carbocycles. The van der Waals surface area contributed by atoms with Crippen LogP contribution in [0.15, 0.2) is 54.1 Å². The van der Waals surface area contributed by atoms with Gasteiger partial charge in [-0.1, -0.05) is 29.8 Å². The molecule has 2 N–H and O–H groups in total. The third kappa shape index (κ3) is 4.78. The quantitative estimate of drug-likeness (QED) is 0.775. The predicted molar refractivity (Wildman–Crippen MR) is 113 cm³/mol. The van der Waals surface area contributed by atoms with E-state index in [-0.39, 0.29) is 11.8 Å². The van der Waals surface area contributed by atoms with Gasteiger partial charge in [0.15, 0.2) is 0 Å². The van der Waals surface area contributed by atoms with E-state index in [4.69, 9.17) is 0 Å². The Kier molecular flexibility index (Phi) is 6.82. The minimum absolute atomic E-state index is 0.0974. The van der Waals surface area contributed by atoms with E-state index >= 15 is 0 Å². The number of carbonyl (C=O) groups excluding carboxylic acids is 1. The molecule has 2 aromatic rings. The van der Waals surface area contributed by atoms with Crippen LogP contribution in [0, 0.1) is 5.82 Å². The maximum atomic E-state index is 13.9. The van der Waals surface area contributed by atoms with Gasteiger partial charge in [-0.15, -0.1) is 0 Å². The zero-order valence-electron chi connectivity index (χ0n) is 16.6. The van der Waals surface area contributed by atoms with Crippen LogP contribution in [-0.2, 0) is 0 Å². The van der Waals surface area contributed by atoms with Crippen LogP contribution in [0.5, 0.6) is 0 Å². The van der Waals surface area contributed by atoms with Crippen LogP contribution in [0.1, 0.15) is 37.8 Å². The van der Waals surface area contributed by atoms with Gasteiger partial charge in [-0.3, -0.25) is 0 Å². The lowest BCUT2D eigenvalue weighted by Gasteiger charge is -2.22. The molecule has 3 rings (SSSR count). The number of urea groups is 1. The molecule has 0 spiro atoms. The van der Waals surface area contributed by atoms with Crippen molar-refractivity contribution in [2.24, 2.45) is 0 Å². The Balaban J connectivity index is 1.90. The number of piperidine rings is 1. The number of amides is 2. The number of benzene rings is 2. The fourth-order valence-electron chi connectivity index (χ4n) is 3.63. The monoisotopic (exact) mass is 381 g/mol. The van der Waals surface area contributed by atoms with Gasteiger partial charge in [-0.05, 0) is 80.7 Å². The van der Waals surface area contributed by atoms with Gasteiger partial charge in [0, 0.05) is 18.8 Å². The lowest BCUT2D eigenvalue weighted by molar-refractivity contribution is 0.217. The third-order valence-corrected chi connectivity index (χ3v) is 5.15. The molecule has 0 aromatic heterocycles. The summed E-state index contributed by atoms with van der Waals surface area (Å²) in [5, 5.41) is 6.32. The topological polar surface area (TPSA) is 44.4 Å². The second-order valence-corrected chi connectivity index (χ2v) is 6.92. The Hall–Kier alpha value is -2.66. The highest BCUT2D eigenvalue weighted by Crippen LogP contribution is 2.32. The van der Waals surface area contributed by atoms with Crippen LogP contribution in [-0.4, -0.2) is 37.1 Å². The zero-order chi connectivity index (χ0) is 19.9. The van der Waals surface area contributed by atoms with E-state index in [0.29, 0.717) is 13.1 Å². The first-order valence-electron chi connectivity index (χ1n) is 9.97. The van der Waals surface area contributed by atoms with Crippen LogP contribution in [0.25, 0.3) is 5.57 Å². The number of nitrogens with one attached hydrogen (secondary N) is 2. The van der Waals surface area contributed by atoms with Crippen molar-refractivity contribution in [2.45, 2.75) is 26.7 Å². The number of carbonyl (C=O) groups is 1. The summed E-state index contributed by atoms with van der Waals surface area (Å²) in [7, 11) is 0. The second-order valence-electron chi connectivity index (χ2n) is 6.92. The number of nitrogens with zero attached hydrogens (tertiary/aromatic N) is 1. The molecule has 1 fully saturated rings. The highest BCUT2D eigenvalue weighted by atomic mass is 19.1. The molecule has 1 aliphatic heterocycles. The summed E-state index contributed by atoms with van der Waals surface area (Å²) in [4.78, 5) is 14.0. The lowest BCUT2D eigenvalue weighted by atomic mass is 9.88. The smallest absolute Gasteiger partial charge is 0.321 e. The van der Waals surface area contributed by atoms with Crippen molar-refractivity contribution in [3.63, 3.8) is 0 Å². The first-order valence-corrected chi connectivity index (χ1v) is 9.97. The van der Waals surface area contributed by atoms with E-state index in [0.717, 1.165) is 48.3 Å². The molecule has 4 nitrogen and oxygen atoms in total. The Morgan fingerprint density at radius 1 is 1.04 bits per heavy atom. The van der Waals surface area contributed by atoms with E-state index in [1.54, 1.807) is 17.0 Å². The summed E-state index contributed by atoms with van der Waals surface area (Å²) in [6, 6.07) is 14.5. The first kappa shape index (κ1) is 20.1. The molecule has 148 valence electrons. The largest absolute Gasteiger partial charge is 0.325 e. The second kappa shape index (κ2) is 9.51. The van der Waals surface area contributed by atoms with Crippen LogP contribution in [0.2, 0.25) is 0 Å². The molecule has 1 saturated heterocycles. The average Bonchev–Trinajstić information content (AvgIpc) is 2.71. The molecular formula is C23H28FN3O. The number of halogens is 1. The Bertz CT molecular complexity index is 833. The van der Waals surface area contributed by atoms with E-state index in [2.05, 4.69) is 10.6 Å². The zero-order valence-corrected chi connectivity index (χ0v) is 16.6. The van der Waals surface area contributed by atoms with Gasteiger partial charge < -0.3 is 15.5 Å². The predicted octanol–water partition coefficient (Wildman–Crippen LogP) is 4.88. The van der Waals surface area contributed by atoms with E-state index in [9.17, 15) is 9.18 Å². The minimum atomic E-state index is -0.229. The van der Waals surface area contributed by atoms with Crippen LogP contribution >= 0.6 is 0 Å². The number of hydrogen-bond acceptors (Lipinski definition) is 2. The standard InChI is InChI=1S/C23H28FN3O/c1-3-27(4-2)23(28)26-21-10-8-17(9-11-21)22(18-12-14-25-15-13-18)19-6-5-7-20(24)16-19/h5-11,16,25H,3-4,12-15H2,1-2H3,(H,26,28). The van der Waals surface area contributed by atoms with Gasteiger partial charge in [0.05, 0.1) is 0 Å². The van der Waals surface area contributed by atoms with Crippen LogP contribution < -0.4 is 10.6 Å².